The van der Waals surface area contributed by atoms with Crippen LogP contribution in [0.4, 0.5) is 18.9 Å². The number of anilines is 1. The van der Waals surface area contributed by atoms with E-state index in [1.807, 2.05) is 5.32 Å². The molecule has 19 heavy (non-hydrogen) atoms. The lowest BCUT2D eigenvalue weighted by atomic mass is 10.0. The second-order valence-electron chi connectivity index (χ2n) is 3.96. The van der Waals surface area contributed by atoms with Crippen LogP contribution in [0.2, 0.25) is 0 Å². The molecule has 0 radical (unpaired) electrons. The van der Waals surface area contributed by atoms with Crippen LogP contribution >= 0.6 is 0 Å². The Hall–Kier alpha value is -2.30. The summed E-state index contributed by atoms with van der Waals surface area (Å²) in [5, 5.41) is 2.04. The molecule has 0 aliphatic heterocycles. The molecule has 0 heterocycles. The minimum Gasteiger partial charge on any atom is -0.324 e. The van der Waals surface area contributed by atoms with Crippen LogP contribution in [-0.4, -0.2) is 5.91 Å². The third-order valence-corrected chi connectivity index (χ3v) is 2.53. The van der Waals surface area contributed by atoms with E-state index in [-0.39, 0.29) is 5.56 Å². The van der Waals surface area contributed by atoms with E-state index in [4.69, 9.17) is 0 Å². The summed E-state index contributed by atoms with van der Waals surface area (Å²) in [5.41, 5.74) is -0.736. The molecule has 0 atom stereocenters. The number of rotatable bonds is 2. The predicted octanol–water partition coefficient (Wildman–Crippen LogP) is 3.73. The fourth-order valence-corrected chi connectivity index (χ4v) is 1.75. The Kier molecular flexibility index (Phi) is 3.55. The first-order chi connectivity index (χ1) is 9.00. The highest BCUT2D eigenvalue weighted by Crippen LogP contribution is 2.31. The van der Waals surface area contributed by atoms with Gasteiger partial charge in [0.25, 0.3) is 0 Å². The van der Waals surface area contributed by atoms with E-state index in [1.54, 1.807) is 18.2 Å². The van der Waals surface area contributed by atoms with Gasteiger partial charge in [0.2, 0.25) is 5.91 Å². The lowest BCUT2D eigenvalue weighted by Crippen LogP contribution is -2.10. The molecule has 0 saturated heterocycles. The Labute approximate surface area is 107 Å². The molecule has 0 aliphatic carbocycles. The Bertz CT molecular complexity index is 626. The predicted molar refractivity (Wildman–Crippen MR) is 66.1 cm³/mol. The molecule has 0 saturated carbocycles. The quantitative estimate of drug-likeness (QED) is 0.823. The van der Waals surface area contributed by atoms with Crippen molar-refractivity contribution < 1.29 is 18.0 Å². The molecule has 2 nitrogen and oxygen atoms in total. The van der Waals surface area contributed by atoms with Crippen LogP contribution in [0.5, 0.6) is 0 Å². The summed E-state index contributed by atoms with van der Waals surface area (Å²) >= 11 is 0. The van der Waals surface area contributed by atoms with Crippen molar-refractivity contribution in [1.29, 1.82) is 0 Å². The van der Waals surface area contributed by atoms with Crippen molar-refractivity contribution in [2.24, 2.45) is 0 Å². The van der Waals surface area contributed by atoms with Gasteiger partial charge in [-0.3, -0.25) is 4.79 Å². The number of hydrogen-bond acceptors (Lipinski definition) is 1. The minimum atomic E-state index is -1.32. The number of halogens is 3. The Balaban J connectivity index is 2.59. The highest BCUT2D eigenvalue weighted by Gasteiger charge is 2.20. The van der Waals surface area contributed by atoms with Crippen molar-refractivity contribution in [2.75, 3.05) is 5.32 Å². The Morgan fingerprint density at radius 2 is 1.68 bits per heavy atom. The molecule has 2 rings (SSSR count). The average molecular weight is 265 g/mol. The average Bonchev–Trinajstić information content (AvgIpc) is 2.36. The number of benzene rings is 2. The van der Waals surface area contributed by atoms with Crippen molar-refractivity contribution >= 4 is 11.6 Å². The maximum atomic E-state index is 13.9. The molecule has 0 bridgehead atoms. The third kappa shape index (κ3) is 2.59. The van der Waals surface area contributed by atoms with E-state index < -0.39 is 34.6 Å². The monoisotopic (exact) mass is 265 g/mol. The van der Waals surface area contributed by atoms with Crippen molar-refractivity contribution in [3.05, 3.63) is 53.8 Å². The smallest absolute Gasteiger partial charge is 0.221 e. The number of hydrogen-bond donors (Lipinski definition) is 1. The van der Waals surface area contributed by atoms with Crippen molar-refractivity contribution in [3.8, 4) is 11.1 Å². The fraction of sp³-hybridized carbons (Fsp3) is 0.0714. The van der Waals surface area contributed by atoms with Crippen LogP contribution in [0.25, 0.3) is 11.1 Å². The molecule has 1 amide bonds. The second-order valence-corrected chi connectivity index (χ2v) is 3.96. The van der Waals surface area contributed by atoms with Crippen LogP contribution in [0.3, 0.4) is 0 Å². The van der Waals surface area contributed by atoms with E-state index in [0.29, 0.717) is 0 Å². The van der Waals surface area contributed by atoms with Crippen LogP contribution in [-0.2, 0) is 4.79 Å². The largest absolute Gasteiger partial charge is 0.324 e. The van der Waals surface area contributed by atoms with Crippen LogP contribution in [0.1, 0.15) is 6.92 Å². The Morgan fingerprint density at radius 1 is 1.05 bits per heavy atom. The first-order valence-electron chi connectivity index (χ1n) is 5.51. The topological polar surface area (TPSA) is 29.1 Å². The van der Waals surface area contributed by atoms with Gasteiger partial charge in [-0.05, 0) is 5.56 Å². The van der Waals surface area contributed by atoms with E-state index in [0.717, 1.165) is 13.0 Å². The lowest BCUT2D eigenvalue weighted by molar-refractivity contribution is -0.114. The summed E-state index contributed by atoms with van der Waals surface area (Å²) in [6.07, 6.45) is 0. The van der Waals surface area contributed by atoms with Crippen LogP contribution in [0, 0.1) is 17.5 Å². The SMILES string of the molecule is CC(=O)Nc1cc(F)c(-c2ccccc2)c(F)c1F. The first-order valence-corrected chi connectivity index (χ1v) is 5.51. The van der Waals surface area contributed by atoms with Crippen molar-refractivity contribution in [2.45, 2.75) is 6.92 Å². The molecule has 1 N–H and O–H groups in total. The van der Waals surface area contributed by atoms with Gasteiger partial charge >= 0.3 is 0 Å². The zero-order chi connectivity index (χ0) is 14.0. The maximum absolute atomic E-state index is 13.9. The molecule has 5 heteroatoms. The number of nitrogens with one attached hydrogen (secondary N) is 1. The molecular formula is C14H10F3NO. The van der Waals surface area contributed by atoms with Gasteiger partial charge in [0.1, 0.15) is 5.82 Å². The van der Waals surface area contributed by atoms with Gasteiger partial charge in [-0.2, -0.15) is 0 Å². The van der Waals surface area contributed by atoms with E-state index in [2.05, 4.69) is 0 Å². The van der Waals surface area contributed by atoms with E-state index in [9.17, 15) is 18.0 Å². The summed E-state index contributed by atoms with van der Waals surface area (Å²) in [5.74, 6) is -4.15. The number of carbonyl (C=O) groups is 1. The van der Waals surface area contributed by atoms with Gasteiger partial charge in [0, 0.05) is 13.0 Å². The van der Waals surface area contributed by atoms with Crippen molar-refractivity contribution in [1.82, 2.24) is 0 Å². The van der Waals surface area contributed by atoms with Crippen LogP contribution < -0.4 is 5.32 Å². The van der Waals surface area contributed by atoms with Gasteiger partial charge in [-0.1, -0.05) is 30.3 Å². The highest BCUT2D eigenvalue weighted by atomic mass is 19.2. The van der Waals surface area contributed by atoms with E-state index >= 15 is 0 Å². The maximum Gasteiger partial charge on any atom is 0.221 e. The minimum absolute atomic E-state index is 0.228. The molecule has 98 valence electrons. The molecule has 0 fully saturated rings. The summed E-state index contributed by atoms with van der Waals surface area (Å²) < 4.78 is 41.5. The number of carbonyl (C=O) groups excluding carboxylic acids is 1. The first kappa shape index (κ1) is 13.1. The standard InChI is InChI=1S/C14H10F3NO/c1-8(19)18-11-7-10(15)12(14(17)13(11)16)9-5-3-2-4-6-9/h2-7H,1H3,(H,18,19). The molecule has 0 aliphatic rings. The number of amides is 1. The molecule has 0 spiro atoms. The van der Waals surface area contributed by atoms with Gasteiger partial charge in [0.15, 0.2) is 11.6 Å². The van der Waals surface area contributed by atoms with Gasteiger partial charge in [-0.25, -0.2) is 13.2 Å². The van der Waals surface area contributed by atoms with Gasteiger partial charge in [0.05, 0.1) is 11.3 Å². The summed E-state index contributed by atoms with van der Waals surface area (Å²) in [6, 6.07) is 8.57. The van der Waals surface area contributed by atoms with Gasteiger partial charge < -0.3 is 5.32 Å². The summed E-state index contributed by atoms with van der Waals surface area (Å²) in [6.45, 7) is 1.13. The summed E-state index contributed by atoms with van der Waals surface area (Å²) in [4.78, 5) is 10.8. The lowest BCUT2D eigenvalue weighted by Gasteiger charge is -2.10. The van der Waals surface area contributed by atoms with E-state index in [1.165, 1.54) is 12.1 Å². The zero-order valence-electron chi connectivity index (χ0n) is 10.0. The highest BCUT2D eigenvalue weighted by molar-refractivity contribution is 5.89. The summed E-state index contributed by atoms with van der Waals surface area (Å²) in [7, 11) is 0. The second kappa shape index (κ2) is 5.14. The molecule has 2 aromatic rings. The molecule has 0 aromatic heterocycles. The molecule has 2 aromatic carbocycles. The molecular weight excluding hydrogens is 255 g/mol. The zero-order valence-corrected chi connectivity index (χ0v) is 10.0. The molecule has 0 unspecified atom stereocenters. The Morgan fingerprint density at radius 3 is 2.26 bits per heavy atom. The third-order valence-electron chi connectivity index (χ3n) is 2.53. The van der Waals surface area contributed by atoms with Crippen molar-refractivity contribution in [3.63, 3.8) is 0 Å². The normalized spacial score (nSPS) is 10.3. The van der Waals surface area contributed by atoms with Gasteiger partial charge in [-0.15, -0.1) is 0 Å². The van der Waals surface area contributed by atoms with Crippen LogP contribution in [0.15, 0.2) is 36.4 Å². The fourth-order valence-electron chi connectivity index (χ4n) is 1.75.